The van der Waals surface area contributed by atoms with Gasteiger partial charge in [0.05, 0.1) is 5.54 Å². The number of ether oxygens (including phenoxy) is 1. The number of piperidine rings is 1. The molecule has 1 spiro atoms. The predicted molar refractivity (Wildman–Crippen MR) is 100 cm³/mol. The molecule has 0 aromatic heterocycles. The van der Waals surface area contributed by atoms with Gasteiger partial charge in [-0.1, -0.05) is 6.92 Å². The van der Waals surface area contributed by atoms with Crippen molar-refractivity contribution in [2.45, 2.75) is 83.4 Å². The number of carbonyl (C=O) groups is 3. The molecule has 1 saturated carbocycles. The first-order chi connectivity index (χ1) is 12.9. The van der Waals surface area contributed by atoms with E-state index < -0.39 is 17.0 Å². The minimum Gasteiger partial charge on any atom is -0.550 e. The Morgan fingerprint density at radius 3 is 2.17 bits per heavy atom. The van der Waals surface area contributed by atoms with Crippen molar-refractivity contribution in [1.29, 1.82) is 0 Å². The molecular weight excluding hydrogens is 385 g/mol. The Kier molecular flexibility index (Phi) is 7.23. The van der Waals surface area contributed by atoms with Gasteiger partial charge in [-0.25, -0.2) is 9.59 Å². The monoisotopic (exact) mass is 417 g/mol. The number of aliphatic carboxylic acids is 1. The number of hydrogen-bond donors (Lipinski definition) is 1. The fraction of sp³-hybridized carbons (Fsp3) is 0.850. The molecule has 8 nitrogen and oxygen atoms in total. The van der Waals surface area contributed by atoms with Gasteiger partial charge in [-0.3, -0.25) is 0 Å². The number of amides is 3. The second-order valence-electron chi connectivity index (χ2n) is 9.89. The number of carbonyl (C=O) groups excluding carboxylic acids is 3. The van der Waals surface area contributed by atoms with Crippen molar-refractivity contribution in [2.75, 3.05) is 19.6 Å². The van der Waals surface area contributed by atoms with Crippen LogP contribution in [0.4, 0.5) is 9.59 Å². The second kappa shape index (κ2) is 8.63. The molecule has 2 saturated heterocycles. The topological polar surface area (TPSA) is 102 Å². The van der Waals surface area contributed by atoms with E-state index in [0.717, 1.165) is 0 Å². The quantitative estimate of drug-likeness (QED) is 0.550. The summed E-state index contributed by atoms with van der Waals surface area (Å²) in [6.45, 7) is 8.99. The van der Waals surface area contributed by atoms with E-state index in [9.17, 15) is 19.5 Å². The molecule has 1 N–H and O–H groups in total. The van der Waals surface area contributed by atoms with Crippen molar-refractivity contribution in [3.8, 4) is 0 Å². The molecule has 3 fully saturated rings. The fourth-order valence-corrected chi connectivity index (χ4v) is 4.51. The third-order valence-electron chi connectivity index (χ3n) is 6.47. The van der Waals surface area contributed by atoms with Gasteiger partial charge in [0.1, 0.15) is 5.60 Å². The molecule has 158 valence electrons. The first kappa shape index (κ1) is 24.3. The Bertz CT molecular complexity index is 647. The average Bonchev–Trinajstić information content (AvgIpc) is 2.90. The first-order valence-corrected chi connectivity index (χ1v) is 10.2. The number of hydrogen-bond acceptors (Lipinski definition) is 5. The molecule has 1 aliphatic carbocycles. The third kappa shape index (κ3) is 5.39. The maximum atomic E-state index is 12.6. The van der Waals surface area contributed by atoms with E-state index in [1.807, 2.05) is 25.7 Å². The summed E-state index contributed by atoms with van der Waals surface area (Å²) in [5, 5.41) is 14.5. The number of urea groups is 1. The van der Waals surface area contributed by atoms with E-state index in [4.69, 9.17) is 4.74 Å². The molecule has 0 bridgehead atoms. The predicted octanol–water partition coefficient (Wildman–Crippen LogP) is -1.52. The van der Waals surface area contributed by atoms with Gasteiger partial charge < -0.3 is 29.8 Å². The van der Waals surface area contributed by atoms with Crippen molar-refractivity contribution < 1.29 is 53.8 Å². The van der Waals surface area contributed by atoms with E-state index in [-0.39, 0.29) is 53.3 Å². The summed E-state index contributed by atoms with van der Waals surface area (Å²) in [7, 11) is 0. The molecule has 0 atom stereocenters. The standard InChI is InChI=1S/C20H33N3O5.Na/c1-18(2,3)28-17(27)22-11-9-20(10-12-22)13-23(16(26)21-20)14-5-7-19(4,8-6-14)15(24)25;/h14H,5-13H2,1-4H3,(H,21,26)(H,24,25);/q;+1/p-1/t14-,19-;. The first-order valence-electron chi connectivity index (χ1n) is 10.2. The molecule has 0 radical (unpaired) electrons. The van der Waals surface area contributed by atoms with Gasteiger partial charge in [-0.15, -0.1) is 0 Å². The zero-order valence-electron chi connectivity index (χ0n) is 18.4. The van der Waals surface area contributed by atoms with Crippen molar-refractivity contribution in [2.24, 2.45) is 5.41 Å². The smallest absolute Gasteiger partial charge is 0.550 e. The van der Waals surface area contributed by atoms with Crippen LogP contribution in [-0.2, 0) is 9.53 Å². The Morgan fingerprint density at radius 1 is 1.14 bits per heavy atom. The van der Waals surface area contributed by atoms with Crippen LogP contribution in [0.3, 0.4) is 0 Å². The van der Waals surface area contributed by atoms with Gasteiger partial charge in [-0.2, -0.15) is 0 Å². The van der Waals surface area contributed by atoms with Crippen LogP contribution in [0.2, 0.25) is 0 Å². The number of nitrogens with zero attached hydrogens (tertiary/aromatic N) is 2. The van der Waals surface area contributed by atoms with Crippen LogP contribution >= 0.6 is 0 Å². The van der Waals surface area contributed by atoms with Crippen LogP contribution in [0, 0.1) is 5.41 Å². The van der Waals surface area contributed by atoms with Crippen LogP contribution < -0.4 is 40.0 Å². The summed E-state index contributed by atoms with van der Waals surface area (Å²) >= 11 is 0. The minimum absolute atomic E-state index is 0. The van der Waals surface area contributed by atoms with E-state index in [1.54, 1.807) is 11.8 Å². The molecule has 0 unspecified atom stereocenters. The second-order valence-corrected chi connectivity index (χ2v) is 9.89. The van der Waals surface area contributed by atoms with Crippen molar-refractivity contribution >= 4 is 18.1 Å². The van der Waals surface area contributed by atoms with Crippen molar-refractivity contribution in [3.63, 3.8) is 0 Å². The third-order valence-corrected chi connectivity index (χ3v) is 6.47. The van der Waals surface area contributed by atoms with E-state index in [2.05, 4.69) is 5.32 Å². The maximum absolute atomic E-state index is 12.6. The normalized spacial score (nSPS) is 29.2. The van der Waals surface area contributed by atoms with Gasteiger partial charge in [0.15, 0.2) is 0 Å². The Balaban J connectivity index is 0.00000300. The Labute approximate surface area is 195 Å². The van der Waals surface area contributed by atoms with Crippen molar-refractivity contribution in [3.05, 3.63) is 0 Å². The maximum Gasteiger partial charge on any atom is 1.00 e. The van der Waals surface area contributed by atoms with Crippen LogP contribution in [0.25, 0.3) is 0 Å². The van der Waals surface area contributed by atoms with Gasteiger partial charge in [0, 0.05) is 37.1 Å². The van der Waals surface area contributed by atoms with E-state index in [1.165, 1.54) is 0 Å². The van der Waals surface area contributed by atoms with Gasteiger partial charge in [0.25, 0.3) is 0 Å². The molecule has 9 heteroatoms. The molecule has 3 rings (SSSR count). The number of rotatable bonds is 2. The number of nitrogens with one attached hydrogen (secondary N) is 1. The van der Waals surface area contributed by atoms with Crippen LogP contribution in [-0.4, -0.2) is 64.7 Å². The SMILES string of the molecule is CC(C)(C)OC(=O)N1CCC2(CC1)CN([C@H]1CC[C@](C)(C(=O)[O-])CC1)C(=O)N2.[Na+]. The van der Waals surface area contributed by atoms with Crippen molar-refractivity contribution in [1.82, 2.24) is 15.1 Å². The average molecular weight is 417 g/mol. The molecule has 3 amide bonds. The number of carboxylic acids is 1. The molecule has 29 heavy (non-hydrogen) atoms. The van der Waals surface area contributed by atoms with Crippen LogP contribution in [0.15, 0.2) is 0 Å². The molecule has 0 aromatic rings. The molecule has 3 aliphatic rings. The van der Waals surface area contributed by atoms with E-state index in [0.29, 0.717) is 58.2 Å². The summed E-state index contributed by atoms with van der Waals surface area (Å²) in [6, 6.07) is -0.0107. The van der Waals surface area contributed by atoms with Crippen LogP contribution in [0.5, 0.6) is 0 Å². The fourth-order valence-electron chi connectivity index (χ4n) is 4.51. The molecule has 2 aliphatic heterocycles. The van der Waals surface area contributed by atoms with Gasteiger partial charge >= 0.3 is 41.7 Å². The summed E-state index contributed by atoms with van der Waals surface area (Å²) in [5.74, 6) is -0.997. The summed E-state index contributed by atoms with van der Waals surface area (Å²) in [4.78, 5) is 39.8. The number of likely N-dealkylation sites (tertiary alicyclic amines) is 1. The molecule has 0 aromatic carbocycles. The molecular formula is C20H32N3NaO5. The Hall–Kier alpha value is -0.990. The van der Waals surface area contributed by atoms with Crippen LogP contribution in [0.1, 0.15) is 66.2 Å². The summed E-state index contributed by atoms with van der Waals surface area (Å²) in [6.07, 6.45) is 3.50. The largest absolute Gasteiger partial charge is 1.00 e. The zero-order chi connectivity index (χ0) is 20.7. The zero-order valence-corrected chi connectivity index (χ0v) is 20.4. The Morgan fingerprint density at radius 2 is 1.69 bits per heavy atom. The van der Waals surface area contributed by atoms with Gasteiger partial charge in [-0.05, 0) is 59.3 Å². The van der Waals surface area contributed by atoms with Gasteiger partial charge in [0.2, 0.25) is 0 Å². The molecule has 2 heterocycles. The summed E-state index contributed by atoms with van der Waals surface area (Å²) < 4.78 is 5.44. The minimum atomic E-state index is -0.997. The van der Waals surface area contributed by atoms with E-state index >= 15 is 0 Å². The summed E-state index contributed by atoms with van der Waals surface area (Å²) in [5.41, 5.74) is -1.63. The number of carboxylic acid groups (broad SMARTS) is 1.